The predicted octanol–water partition coefficient (Wildman–Crippen LogP) is 5.73. The van der Waals surface area contributed by atoms with Crippen LogP contribution in [-0.2, 0) is 0 Å². The first-order valence-electron chi connectivity index (χ1n) is 8.11. The number of halogens is 2. The summed E-state index contributed by atoms with van der Waals surface area (Å²) < 4.78 is 0.783. The Bertz CT molecular complexity index is 997. The molecule has 1 heterocycles. The quantitative estimate of drug-likeness (QED) is 0.495. The molecule has 2 aromatic carbocycles. The van der Waals surface area contributed by atoms with Crippen molar-refractivity contribution in [3.8, 4) is 6.07 Å². The van der Waals surface area contributed by atoms with Crippen molar-refractivity contribution in [2.45, 2.75) is 6.42 Å². The second-order valence-electron chi connectivity index (χ2n) is 5.54. The van der Waals surface area contributed by atoms with Gasteiger partial charge in [0.05, 0.1) is 45.0 Å². The molecule has 0 fully saturated rings. The number of anilines is 1. The van der Waals surface area contributed by atoms with Crippen LogP contribution in [-0.4, -0.2) is 29.8 Å². The lowest BCUT2D eigenvalue weighted by molar-refractivity contribution is 0.302. The van der Waals surface area contributed by atoms with E-state index in [0.29, 0.717) is 40.4 Å². The van der Waals surface area contributed by atoms with Crippen LogP contribution in [0.5, 0.6) is 0 Å². The van der Waals surface area contributed by atoms with Crippen molar-refractivity contribution >= 4 is 61.3 Å². The van der Waals surface area contributed by atoms with Gasteiger partial charge in [-0.3, -0.25) is 0 Å². The van der Waals surface area contributed by atoms with Gasteiger partial charge in [0.25, 0.3) is 0 Å². The summed E-state index contributed by atoms with van der Waals surface area (Å²) in [5.41, 5.74) is 2.32. The molecule has 6 nitrogen and oxygen atoms in total. The molecule has 0 radical (unpaired) electrons. The molecular formula is C18H15Cl2N5OS. The lowest BCUT2D eigenvalue weighted by Gasteiger charge is -2.22. The summed E-state index contributed by atoms with van der Waals surface area (Å²) in [5, 5.41) is 27.8. The number of hydrogen-bond acceptors (Lipinski definition) is 7. The van der Waals surface area contributed by atoms with Gasteiger partial charge >= 0.3 is 0 Å². The third-order valence-corrected chi connectivity index (χ3v) is 5.66. The highest BCUT2D eigenvalue weighted by Crippen LogP contribution is 2.37. The Morgan fingerprint density at radius 1 is 1.11 bits per heavy atom. The van der Waals surface area contributed by atoms with E-state index in [1.54, 1.807) is 12.1 Å². The Morgan fingerprint density at radius 3 is 2.59 bits per heavy atom. The second-order valence-corrected chi connectivity index (χ2v) is 7.30. The van der Waals surface area contributed by atoms with E-state index in [1.807, 2.05) is 29.2 Å². The van der Waals surface area contributed by atoms with Crippen LogP contribution in [0.3, 0.4) is 0 Å². The molecule has 27 heavy (non-hydrogen) atoms. The van der Waals surface area contributed by atoms with Gasteiger partial charge in [-0.05, 0) is 36.4 Å². The van der Waals surface area contributed by atoms with Crippen LogP contribution in [0, 0.1) is 11.3 Å². The molecule has 0 spiro atoms. The van der Waals surface area contributed by atoms with E-state index in [0.717, 1.165) is 15.9 Å². The number of aliphatic hydroxyl groups excluding tert-OH is 1. The minimum absolute atomic E-state index is 0.0249. The fourth-order valence-electron chi connectivity index (χ4n) is 2.47. The van der Waals surface area contributed by atoms with Crippen LogP contribution in [0.15, 0.2) is 46.6 Å². The van der Waals surface area contributed by atoms with Crippen LogP contribution in [0.1, 0.15) is 6.42 Å². The highest BCUT2D eigenvalue weighted by molar-refractivity contribution is 7.22. The van der Waals surface area contributed by atoms with E-state index >= 15 is 0 Å². The zero-order valence-corrected chi connectivity index (χ0v) is 16.5. The van der Waals surface area contributed by atoms with Gasteiger partial charge in [0, 0.05) is 18.8 Å². The van der Waals surface area contributed by atoms with Gasteiger partial charge in [0.15, 0.2) is 0 Å². The average Bonchev–Trinajstić information content (AvgIpc) is 3.11. The van der Waals surface area contributed by atoms with Gasteiger partial charge < -0.3 is 10.0 Å². The van der Waals surface area contributed by atoms with Gasteiger partial charge in [-0.15, -0.1) is 10.2 Å². The summed E-state index contributed by atoms with van der Waals surface area (Å²) in [5.74, 6) is 0. The monoisotopic (exact) mass is 419 g/mol. The van der Waals surface area contributed by atoms with Crippen LogP contribution in [0.2, 0.25) is 10.0 Å². The topological polar surface area (TPSA) is 84.9 Å². The molecule has 138 valence electrons. The number of azo groups is 1. The van der Waals surface area contributed by atoms with Gasteiger partial charge in [-0.1, -0.05) is 34.5 Å². The highest BCUT2D eigenvalue weighted by Gasteiger charge is 2.10. The second kappa shape index (κ2) is 9.11. The standard InChI is InChI=1S/C18H15Cl2N5OS/c19-14-6-7-15-17(16(14)20)27-18(22-15)24-23-12-2-4-13(5-3-12)25(10-11-26)9-1-8-21/h2-7,26H,1,9-11H2. The van der Waals surface area contributed by atoms with Gasteiger partial charge in [-0.25, -0.2) is 4.98 Å². The van der Waals surface area contributed by atoms with Crippen molar-refractivity contribution in [2.75, 3.05) is 24.6 Å². The summed E-state index contributed by atoms with van der Waals surface area (Å²) in [6.07, 6.45) is 0.394. The molecule has 0 bridgehead atoms. The van der Waals surface area contributed by atoms with Crippen LogP contribution < -0.4 is 4.90 Å². The van der Waals surface area contributed by atoms with E-state index < -0.39 is 0 Å². The lowest BCUT2D eigenvalue weighted by atomic mass is 10.2. The molecule has 0 aliphatic rings. The molecule has 0 atom stereocenters. The molecule has 1 aromatic heterocycles. The molecular weight excluding hydrogens is 405 g/mol. The molecule has 0 amide bonds. The maximum absolute atomic E-state index is 9.18. The summed E-state index contributed by atoms with van der Waals surface area (Å²) in [6, 6.07) is 13.0. The number of benzene rings is 2. The smallest absolute Gasteiger partial charge is 0.231 e. The molecule has 0 saturated carbocycles. The number of thiazole rings is 1. The summed E-state index contributed by atoms with van der Waals surface area (Å²) in [6.45, 7) is 1.06. The highest BCUT2D eigenvalue weighted by atomic mass is 35.5. The fourth-order valence-corrected chi connectivity index (χ4v) is 3.79. The third kappa shape index (κ3) is 4.73. The SMILES string of the molecule is N#CCCN(CCO)c1ccc(N=Nc2nc3ccc(Cl)c(Cl)c3s2)cc1. The Balaban J connectivity index is 1.76. The largest absolute Gasteiger partial charge is 0.395 e. The summed E-state index contributed by atoms with van der Waals surface area (Å²) in [4.78, 5) is 6.33. The van der Waals surface area contributed by atoms with Crippen molar-refractivity contribution in [1.29, 1.82) is 5.26 Å². The Hall–Kier alpha value is -2.24. The number of rotatable bonds is 7. The third-order valence-electron chi connectivity index (χ3n) is 3.77. The molecule has 3 aromatic rings. The Morgan fingerprint density at radius 2 is 1.89 bits per heavy atom. The number of hydrogen-bond donors (Lipinski definition) is 1. The number of aliphatic hydroxyl groups is 1. The van der Waals surface area contributed by atoms with Gasteiger partial charge in [-0.2, -0.15) is 5.26 Å². The number of fused-ring (bicyclic) bond motifs is 1. The molecule has 0 unspecified atom stereocenters. The Kier molecular flexibility index (Phi) is 6.58. The zero-order chi connectivity index (χ0) is 19.2. The van der Waals surface area contributed by atoms with E-state index in [4.69, 9.17) is 28.5 Å². The molecule has 0 aliphatic heterocycles. The van der Waals surface area contributed by atoms with Crippen molar-refractivity contribution < 1.29 is 5.11 Å². The molecule has 3 rings (SSSR count). The van der Waals surface area contributed by atoms with E-state index in [9.17, 15) is 5.11 Å². The van der Waals surface area contributed by atoms with Crippen LogP contribution >= 0.6 is 34.5 Å². The van der Waals surface area contributed by atoms with Crippen molar-refractivity contribution in [3.05, 3.63) is 46.4 Å². The normalized spacial score (nSPS) is 11.2. The van der Waals surface area contributed by atoms with E-state index in [-0.39, 0.29) is 6.61 Å². The first kappa shape index (κ1) is 19.5. The predicted molar refractivity (Wildman–Crippen MR) is 110 cm³/mol. The lowest BCUT2D eigenvalue weighted by Crippen LogP contribution is -2.27. The van der Waals surface area contributed by atoms with Crippen molar-refractivity contribution in [1.82, 2.24) is 4.98 Å². The minimum Gasteiger partial charge on any atom is -0.395 e. The summed E-state index contributed by atoms with van der Waals surface area (Å²) >= 11 is 13.5. The van der Waals surface area contributed by atoms with E-state index in [2.05, 4.69) is 21.3 Å². The maximum Gasteiger partial charge on any atom is 0.231 e. The average molecular weight is 420 g/mol. The zero-order valence-electron chi connectivity index (χ0n) is 14.1. The first-order valence-corrected chi connectivity index (χ1v) is 9.68. The molecule has 1 N–H and O–H groups in total. The van der Waals surface area contributed by atoms with Gasteiger partial charge in [0.1, 0.15) is 0 Å². The Labute approximate surface area is 170 Å². The van der Waals surface area contributed by atoms with Crippen LogP contribution in [0.4, 0.5) is 16.5 Å². The van der Waals surface area contributed by atoms with Crippen LogP contribution in [0.25, 0.3) is 10.2 Å². The van der Waals surface area contributed by atoms with Crippen molar-refractivity contribution in [3.63, 3.8) is 0 Å². The minimum atomic E-state index is 0.0249. The fraction of sp³-hybridized carbons (Fsp3) is 0.222. The molecule has 0 saturated heterocycles. The summed E-state index contributed by atoms with van der Waals surface area (Å²) in [7, 11) is 0. The molecule has 9 heteroatoms. The maximum atomic E-state index is 9.18. The van der Waals surface area contributed by atoms with Gasteiger partial charge in [0.2, 0.25) is 5.13 Å². The molecule has 0 aliphatic carbocycles. The first-order chi connectivity index (χ1) is 13.1. The number of nitrogens with zero attached hydrogens (tertiary/aromatic N) is 5. The van der Waals surface area contributed by atoms with Crippen molar-refractivity contribution in [2.24, 2.45) is 10.2 Å². The number of nitriles is 1. The van der Waals surface area contributed by atoms with E-state index in [1.165, 1.54) is 11.3 Å². The number of aromatic nitrogens is 1.